The van der Waals surface area contributed by atoms with E-state index in [2.05, 4.69) is 10.6 Å². The summed E-state index contributed by atoms with van der Waals surface area (Å²) in [6, 6.07) is 2.62. The van der Waals surface area contributed by atoms with Gasteiger partial charge < -0.3 is 15.7 Å². The lowest BCUT2D eigenvalue weighted by atomic mass is 10.0. The number of carboxylic acids is 1. The standard InChI is InChI=1S/C14H18ClFN2O3/c1-8(2)5-12(13(19)20)18-14(21)17-7-9-3-4-10(15)11(16)6-9/h3-4,6,8,12H,5,7H2,1-2H3,(H,19,20)(H2,17,18,21). The second-order valence-electron chi connectivity index (χ2n) is 5.10. The third-order valence-electron chi connectivity index (χ3n) is 2.75. The van der Waals surface area contributed by atoms with E-state index in [1.165, 1.54) is 12.1 Å². The molecule has 1 unspecified atom stereocenters. The molecule has 1 rings (SSSR count). The molecule has 1 aromatic carbocycles. The topological polar surface area (TPSA) is 78.4 Å². The minimum absolute atomic E-state index is 0.00563. The van der Waals surface area contributed by atoms with E-state index in [0.717, 1.165) is 0 Å². The van der Waals surface area contributed by atoms with Crippen LogP contribution in [0.25, 0.3) is 0 Å². The second-order valence-corrected chi connectivity index (χ2v) is 5.50. The van der Waals surface area contributed by atoms with Gasteiger partial charge in [-0.15, -0.1) is 0 Å². The highest BCUT2D eigenvalue weighted by Crippen LogP contribution is 2.15. The molecular weight excluding hydrogens is 299 g/mol. The summed E-state index contributed by atoms with van der Waals surface area (Å²) in [5, 5.41) is 13.9. The van der Waals surface area contributed by atoms with Crippen LogP contribution in [0.3, 0.4) is 0 Å². The quantitative estimate of drug-likeness (QED) is 0.755. The summed E-state index contributed by atoms with van der Waals surface area (Å²) < 4.78 is 13.2. The summed E-state index contributed by atoms with van der Waals surface area (Å²) in [6.45, 7) is 3.81. The van der Waals surface area contributed by atoms with E-state index in [9.17, 15) is 14.0 Å². The number of hydrogen-bond donors (Lipinski definition) is 3. The average Bonchev–Trinajstić information content (AvgIpc) is 2.38. The van der Waals surface area contributed by atoms with Gasteiger partial charge in [0, 0.05) is 6.54 Å². The van der Waals surface area contributed by atoms with Gasteiger partial charge in [-0.05, 0) is 30.0 Å². The van der Waals surface area contributed by atoms with Crippen LogP contribution in [0.2, 0.25) is 5.02 Å². The molecule has 0 aromatic heterocycles. The van der Waals surface area contributed by atoms with Gasteiger partial charge in [-0.2, -0.15) is 0 Å². The molecule has 1 atom stereocenters. The second kappa shape index (κ2) is 7.83. The van der Waals surface area contributed by atoms with Crippen molar-refractivity contribution in [2.45, 2.75) is 32.9 Å². The molecule has 116 valence electrons. The summed E-state index contributed by atoms with van der Waals surface area (Å²) in [6.07, 6.45) is 0.332. The highest BCUT2D eigenvalue weighted by atomic mass is 35.5. The molecule has 0 spiro atoms. The number of aliphatic carboxylic acids is 1. The number of rotatable bonds is 6. The van der Waals surface area contributed by atoms with E-state index in [4.69, 9.17) is 16.7 Å². The SMILES string of the molecule is CC(C)CC(NC(=O)NCc1ccc(Cl)c(F)c1)C(=O)O. The van der Waals surface area contributed by atoms with Crippen LogP contribution in [0, 0.1) is 11.7 Å². The molecule has 7 heteroatoms. The molecular formula is C14H18ClFN2O3. The van der Waals surface area contributed by atoms with Gasteiger partial charge in [0.2, 0.25) is 0 Å². The van der Waals surface area contributed by atoms with Crippen molar-refractivity contribution in [3.05, 3.63) is 34.6 Å². The van der Waals surface area contributed by atoms with Gasteiger partial charge in [-0.3, -0.25) is 0 Å². The van der Waals surface area contributed by atoms with E-state index in [0.29, 0.717) is 12.0 Å². The van der Waals surface area contributed by atoms with Crippen LogP contribution in [0.4, 0.5) is 9.18 Å². The zero-order valence-corrected chi connectivity index (χ0v) is 12.6. The molecule has 0 fully saturated rings. The van der Waals surface area contributed by atoms with Crippen molar-refractivity contribution in [1.29, 1.82) is 0 Å². The minimum Gasteiger partial charge on any atom is -0.480 e. The Morgan fingerprint density at radius 2 is 2.05 bits per heavy atom. The summed E-state index contributed by atoms with van der Waals surface area (Å²) in [4.78, 5) is 22.7. The highest BCUT2D eigenvalue weighted by Gasteiger charge is 2.20. The van der Waals surface area contributed by atoms with Gasteiger partial charge in [-0.1, -0.05) is 31.5 Å². The Labute approximate surface area is 127 Å². The number of benzene rings is 1. The molecule has 0 aliphatic heterocycles. The lowest BCUT2D eigenvalue weighted by molar-refractivity contribution is -0.139. The number of carbonyl (C=O) groups is 2. The van der Waals surface area contributed by atoms with Crippen LogP contribution in [-0.4, -0.2) is 23.1 Å². The van der Waals surface area contributed by atoms with Crippen LogP contribution in [-0.2, 0) is 11.3 Å². The minimum atomic E-state index is -1.09. The van der Waals surface area contributed by atoms with Crippen LogP contribution >= 0.6 is 11.6 Å². The van der Waals surface area contributed by atoms with Crippen molar-refractivity contribution in [3.63, 3.8) is 0 Å². The fraction of sp³-hybridized carbons (Fsp3) is 0.429. The Bertz CT molecular complexity index is 523. The Hall–Kier alpha value is -1.82. The molecule has 0 heterocycles. The number of halogens is 2. The largest absolute Gasteiger partial charge is 0.480 e. The third kappa shape index (κ3) is 5.99. The van der Waals surface area contributed by atoms with E-state index in [1.807, 2.05) is 13.8 Å². The first kappa shape index (κ1) is 17.2. The number of carboxylic acid groups (broad SMARTS) is 1. The van der Waals surface area contributed by atoms with Crippen molar-refractivity contribution in [2.24, 2.45) is 5.92 Å². The highest BCUT2D eigenvalue weighted by molar-refractivity contribution is 6.30. The van der Waals surface area contributed by atoms with E-state index < -0.39 is 23.9 Å². The Morgan fingerprint density at radius 1 is 1.38 bits per heavy atom. The zero-order chi connectivity index (χ0) is 16.0. The number of carbonyl (C=O) groups excluding carboxylic acids is 1. The molecule has 21 heavy (non-hydrogen) atoms. The lowest BCUT2D eigenvalue weighted by Gasteiger charge is -2.17. The zero-order valence-electron chi connectivity index (χ0n) is 11.8. The van der Waals surface area contributed by atoms with E-state index in [1.54, 1.807) is 6.07 Å². The summed E-state index contributed by atoms with van der Waals surface area (Å²) in [5.74, 6) is -1.52. The van der Waals surface area contributed by atoms with Gasteiger partial charge in [-0.25, -0.2) is 14.0 Å². The maximum absolute atomic E-state index is 13.2. The molecule has 2 amide bonds. The number of amides is 2. The predicted molar refractivity (Wildman–Crippen MR) is 77.7 cm³/mol. The number of urea groups is 1. The number of nitrogens with one attached hydrogen (secondary N) is 2. The first-order valence-electron chi connectivity index (χ1n) is 6.50. The molecule has 5 nitrogen and oxygen atoms in total. The Balaban J connectivity index is 2.52. The number of hydrogen-bond acceptors (Lipinski definition) is 2. The lowest BCUT2D eigenvalue weighted by Crippen LogP contribution is -2.46. The normalized spacial score (nSPS) is 12.0. The van der Waals surface area contributed by atoms with Gasteiger partial charge in [0.1, 0.15) is 11.9 Å². The Morgan fingerprint density at radius 3 is 2.57 bits per heavy atom. The van der Waals surface area contributed by atoms with Gasteiger partial charge in [0.15, 0.2) is 0 Å². The smallest absolute Gasteiger partial charge is 0.326 e. The van der Waals surface area contributed by atoms with Crippen molar-refractivity contribution >= 4 is 23.6 Å². The van der Waals surface area contributed by atoms with E-state index >= 15 is 0 Å². The van der Waals surface area contributed by atoms with Crippen molar-refractivity contribution in [3.8, 4) is 0 Å². The molecule has 0 aliphatic carbocycles. The molecule has 3 N–H and O–H groups in total. The average molecular weight is 317 g/mol. The maximum Gasteiger partial charge on any atom is 0.326 e. The van der Waals surface area contributed by atoms with Gasteiger partial charge in [0.25, 0.3) is 0 Å². The first-order valence-corrected chi connectivity index (χ1v) is 6.88. The molecule has 0 saturated heterocycles. The summed E-state index contributed by atoms with van der Waals surface area (Å²) in [7, 11) is 0. The summed E-state index contributed by atoms with van der Waals surface area (Å²) in [5.41, 5.74) is 0.530. The van der Waals surface area contributed by atoms with Gasteiger partial charge in [0.05, 0.1) is 5.02 Å². The molecule has 0 bridgehead atoms. The molecule has 0 radical (unpaired) electrons. The fourth-order valence-corrected chi connectivity index (χ4v) is 1.85. The fourth-order valence-electron chi connectivity index (χ4n) is 1.73. The van der Waals surface area contributed by atoms with Crippen LogP contribution < -0.4 is 10.6 Å². The van der Waals surface area contributed by atoms with Gasteiger partial charge >= 0.3 is 12.0 Å². The predicted octanol–water partition coefficient (Wildman–Crippen LogP) is 2.78. The third-order valence-corrected chi connectivity index (χ3v) is 3.05. The Kier molecular flexibility index (Phi) is 6.42. The summed E-state index contributed by atoms with van der Waals surface area (Å²) >= 11 is 5.56. The molecule has 0 aliphatic rings. The molecule has 1 aromatic rings. The first-order chi connectivity index (χ1) is 9.79. The monoisotopic (exact) mass is 316 g/mol. The maximum atomic E-state index is 13.2. The molecule has 0 saturated carbocycles. The van der Waals surface area contributed by atoms with Crippen molar-refractivity contribution in [2.75, 3.05) is 0 Å². The van der Waals surface area contributed by atoms with E-state index in [-0.39, 0.29) is 17.5 Å². The van der Waals surface area contributed by atoms with Crippen LogP contribution in [0.15, 0.2) is 18.2 Å². The van der Waals surface area contributed by atoms with Crippen molar-refractivity contribution < 1.29 is 19.1 Å². The van der Waals surface area contributed by atoms with Crippen LogP contribution in [0.1, 0.15) is 25.8 Å². The van der Waals surface area contributed by atoms with Crippen molar-refractivity contribution in [1.82, 2.24) is 10.6 Å². The van der Waals surface area contributed by atoms with Crippen LogP contribution in [0.5, 0.6) is 0 Å².